The van der Waals surface area contributed by atoms with Crippen molar-refractivity contribution in [2.24, 2.45) is 5.41 Å². The lowest BCUT2D eigenvalue weighted by Crippen LogP contribution is -2.31. The fourth-order valence-corrected chi connectivity index (χ4v) is 2.91. The van der Waals surface area contributed by atoms with E-state index in [2.05, 4.69) is 22.0 Å². The predicted molar refractivity (Wildman–Crippen MR) is 77.4 cm³/mol. The Morgan fingerprint density at radius 2 is 2.20 bits per heavy atom. The summed E-state index contributed by atoms with van der Waals surface area (Å²) < 4.78 is 0. The molecule has 2 heterocycles. The average molecular weight is 270 g/mol. The molecule has 104 valence electrons. The summed E-state index contributed by atoms with van der Waals surface area (Å²) in [7, 11) is 0. The topological polar surface area (TPSA) is 53.4 Å². The number of fused-ring (bicyclic) bond motifs is 1. The van der Waals surface area contributed by atoms with Crippen LogP contribution < -0.4 is 0 Å². The van der Waals surface area contributed by atoms with E-state index in [0.29, 0.717) is 13.0 Å². The summed E-state index contributed by atoms with van der Waals surface area (Å²) in [6.07, 6.45) is 4.46. The number of hydrogen-bond donors (Lipinski definition) is 1. The standard InChI is InChI=1S/C16H18N2O2/c1-16(15(19)20)6-7-18(11-16)10-13-9-17-8-12-4-2-3-5-14(12)13/h2-5,8-9H,6-7,10-11H2,1H3,(H,19,20). The van der Waals surface area contributed by atoms with Gasteiger partial charge in [0, 0.05) is 30.9 Å². The first-order valence-electron chi connectivity index (χ1n) is 6.86. The maximum atomic E-state index is 11.3. The molecule has 1 aliphatic rings. The predicted octanol–water partition coefficient (Wildman–Crippen LogP) is 2.53. The van der Waals surface area contributed by atoms with Crippen LogP contribution in [0.1, 0.15) is 18.9 Å². The lowest BCUT2D eigenvalue weighted by Gasteiger charge is -2.20. The zero-order valence-electron chi connectivity index (χ0n) is 11.5. The summed E-state index contributed by atoms with van der Waals surface area (Å²) in [4.78, 5) is 17.8. The molecule has 1 aromatic heterocycles. The number of likely N-dealkylation sites (tertiary alicyclic amines) is 1. The van der Waals surface area contributed by atoms with Gasteiger partial charge in [0.25, 0.3) is 0 Å². The van der Waals surface area contributed by atoms with Gasteiger partial charge in [-0.05, 0) is 30.8 Å². The lowest BCUT2D eigenvalue weighted by molar-refractivity contribution is -0.147. The van der Waals surface area contributed by atoms with E-state index < -0.39 is 11.4 Å². The third kappa shape index (κ3) is 2.27. The third-order valence-corrected chi connectivity index (χ3v) is 4.21. The molecule has 2 aromatic rings. The van der Waals surface area contributed by atoms with Gasteiger partial charge in [-0.25, -0.2) is 0 Å². The molecular weight excluding hydrogens is 252 g/mol. The summed E-state index contributed by atoms with van der Waals surface area (Å²) in [5.41, 5.74) is 0.551. The van der Waals surface area contributed by atoms with Crippen LogP contribution in [0.4, 0.5) is 0 Å². The summed E-state index contributed by atoms with van der Waals surface area (Å²) in [6.45, 7) is 4.02. The van der Waals surface area contributed by atoms with Crippen molar-refractivity contribution in [3.63, 3.8) is 0 Å². The molecule has 1 atom stereocenters. The van der Waals surface area contributed by atoms with Crippen LogP contribution in [0.3, 0.4) is 0 Å². The summed E-state index contributed by atoms with van der Waals surface area (Å²) in [5.74, 6) is -0.698. The van der Waals surface area contributed by atoms with E-state index in [-0.39, 0.29) is 0 Å². The Morgan fingerprint density at radius 1 is 1.40 bits per heavy atom. The zero-order chi connectivity index (χ0) is 14.2. The van der Waals surface area contributed by atoms with E-state index in [1.54, 1.807) is 0 Å². The smallest absolute Gasteiger partial charge is 0.310 e. The fraction of sp³-hybridized carbons (Fsp3) is 0.375. The highest BCUT2D eigenvalue weighted by atomic mass is 16.4. The number of carboxylic acids is 1. The molecule has 4 heteroatoms. The molecule has 0 amide bonds. The van der Waals surface area contributed by atoms with Gasteiger partial charge in [0.05, 0.1) is 5.41 Å². The molecule has 1 unspecified atom stereocenters. The molecule has 4 nitrogen and oxygen atoms in total. The van der Waals surface area contributed by atoms with E-state index in [1.165, 1.54) is 5.39 Å². The van der Waals surface area contributed by atoms with Gasteiger partial charge in [0.15, 0.2) is 0 Å². The minimum atomic E-state index is -0.698. The Balaban J connectivity index is 1.83. The van der Waals surface area contributed by atoms with E-state index >= 15 is 0 Å². The first-order valence-corrected chi connectivity index (χ1v) is 6.86. The van der Waals surface area contributed by atoms with E-state index in [4.69, 9.17) is 0 Å². The molecule has 1 aliphatic heterocycles. The quantitative estimate of drug-likeness (QED) is 0.931. The fourth-order valence-electron chi connectivity index (χ4n) is 2.91. The van der Waals surface area contributed by atoms with Gasteiger partial charge in [-0.15, -0.1) is 0 Å². The molecule has 1 aromatic carbocycles. The van der Waals surface area contributed by atoms with Crippen molar-refractivity contribution in [3.8, 4) is 0 Å². The number of pyridine rings is 1. The van der Waals surface area contributed by atoms with Crippen molar-refractivity contribution in [2.45, 2.75) is 19.9 Å². The highest BCUT2D eigenvalue weighted by Gasteiger charge is 2.40. The second-order valence-corrected chi connectivity index (χ2v) is 5.85. The van der Waals surface area contributed by atoms with Gasteiger partial charge >= 0.3 is 5.97 Å². The number of rotatable bonds is 3. The van der Waals surface area contributed by atoms with Crippen LogP contribution in [0.2, 0.25) is 0 Å². The van der Waals surface area contributed by atoms with Crippen molar-refractivity contribution in [3.05, 3.63) is 42.2 Å². The summed E-state index contributed by atoms with van der Waals surface area (Å²) in [5, 5.41) is 11.6. The van der Waals surface area contributed by atoms with Crippen molar-refractivity contribution in [1.82, 2.24) is 9.88 Å². The van der Waals surface area contributed by atoms with E-state index in [1.807, 2.05) is 31.5 Å². The Hall–Kier alpha value is -1.94. The Bertz CT molecular complexity index is 650. The van der Waals surface area contributed by atoms with E-state index in [0.717, 1.165) is 24.0 Å². The largest absolute Gasteiger partial charge is 0.481 e. The number of carbonyl (C=O) groups is 1. The Morgan fingerprint density at radius 3 is 2.95 bits per heavy atom. The van der Waals surface area contributed by atoms with Crippen molar-refractivity contribution >= 4 is 16.7 Å². The van der Waals surface area contributed by atoms with Gasteiger partial charge in [-0.2, -0.15) is 0 Å². The van der Waals surface area contributed by atoms with Crippen molar-refractivity contribution < 1.29 is 9.90 Å². The molecule has 1 N–H and O–H groups in total. The van der Waals surface area contributed by atoms with Crippen LogP contribution in [0.25, 0.3) is 10.8 Å². The Labute approximate surface area is 118 Å². The van der Waals surface area contributed by atoms with Crippen LogP contribution in [-0.4, -0.2) is 34.0 Å². The third-order valence-electron chi connectivity index (χ3n) is 4.21. The van der Waals surface area contributed by atoms with Crippen molar-refractivity contribution in [1.29, 1.82) is 0 Å². The van der Waals surface area contributed by atoms with Gasteiger partial charge in [-0.3, -0.25) is 14.7 Å². The first kappa shape index (κ1) is 13.1. The van der Waals surface area contributed by atoms with Crippen LogP contribution in [0.5, 0.6) is 0 Å². The van der Waals surface area contributed by atoms with Gasteiger partial charge < -0.3 is 5.11 Å². The average Bonchev–Trinajstić information content (AvgIpc) is 2.82. The first-order chi connectivity index (χ1) is 9.58. The van der Waals surface area contributed by atoms with Crippen LogP contribution in [0.15, 0.2) is 36.7 Å². The number of carboxylic acid groups (broad SMARTS) is 1. The highest BCUT2D eigenvalue weighted by molar-refractivity contribution is 5.84. The maximum absolute atomic E-state index is 11.3. The second kappa shape index (κ2) is 4.87. The highest BCUT2D eigenvalue weighted by Crippen LogP contribution is 2.31. The molecule has 1 fully saturated rings. The minimum Gasteiger partial charge on any atom is -0.481 e. The van der Waals surface area contributed by atoms with E-state index in [9.17, 15) is 9.90 Å². The summed E-state index contributed by atoms with van der Waals surface area (Å²) in [6, 6.07) is 8.18. The van der Waals surface area contributed by atoms with Crippen molar-refractivity contribution in [2.75, 3.05) is 13.1 Å². The van der Waals surface area contributed by atoms with Gasteiger partial charge in [0.1, 0.15) is 0 Å². The SMILES string of the molecule is CC1(C(=O)O)CCN(Cc2cncc3ccccc23)C1. The van der Waals surface area contributed by atoms with Gasteiger partial charge in [0.2, 0.25) is 0 Å². The van der Waals surface area contributed by atoms with Crippen LogP contribution in [0, 0.1) is 5.41 Å². The molecule has 20 heavy (non-hydrogen) atoms. The molecule has 0 aliphatic carbocycles. The molecular formula is C16H18N2O2. The molecule has 0 bridgehead atoms. The lowest BCUT2D eigenvalue weighted by atomic mass is 9.90. The number of benzene rings is 1. The number of aromatic nitrogens is 1. The Kier molecular flexibility index (Phi) is 3.18. The second-order valence-electron chi connectivity index (χ2n) is 5.85. The number of hydrogen-bond acceptors (Lipinski definition) is 3. The van der Waals surface area contributed by atoms with Crippen LogP contribution >= 0.6 is 0 Å². The number of nitrogens with zero attached hydrogens (tertiary/aromatic N) is 2. The molecule has 0 radical (unpaired) electrons. The number of aliphatic carboxylic acids is 1. The summed E-state index contributed by atoms with van der Waals surface area (Å²) >= 11 is 0. The molecule has 0 spiro atoms. The van der Waals surface area contributed by atoms with Crippen LogP contribution in [-0.2, 0) is 11.3 Å². The minimum absolute atomic E-state index is 0.603. The maximum Gasteiger partial charge on any atom is 0.310 e. The monoisotopic (exact) mass is 270 g/mol. The molecule has 0 saturated carbocycles. The normalized spacial score (nSPS) is 23.2. The molecule has 1 saturated heterocycles. The zero-order valence-corrected chi connectivity index (χ0v) is 11.5. The molecule has 3 rings (SSSR count). The van der Waals surface area contributed by atoms with Gasteiger partial charge in [-0.1, -0.05) is 24.3 Å².